The standard InChI is InChI=1S/C16H18F2N2O2S/c1-3-5-12-13(15(21)22-4-2)14(20-16(23)19-12)10-7-6-9(17)8-11(10)18/h6-8,14H,3-5H2,1-2H3,(H2,19,20,23)/t14-/m0/s1. The van der Waals surface area contributed by atoms with E-state index in [9.17, 15) is 13.6 Å². The fourth-order valence-electron chi connectivity index (χ4n) is 2.48. The van der Waals surface area contributed by atoms with Crippen LogP contribution in [0.5, 0.6) is 0 Å². The molecule has 1 aliphatic heterocycles. The lowest BCUT2D eigenvalue weighted by molar-refractivity contribution is -0.139. The van der Waals surface area contributed by atoms with Crippen molar-refractivity contribution in [3.63, 3.8) is 0 Å². The number of thiocarbonyl (C=S) groups is 1. The first kappa shape index (κ1) is 17.3. The van der Waals surface area contributed by atoms with Gasteiger partial charge in [0, 0.05) is 17.3 Å². The molecule has 0 saturated carbocycles. The van der Waals surface area contributed by atoms with Crippen molar-refractivity contribution in [2.45, 2.75) is 32.7 Å². The van der Waals surface area contributed by atoms with Crippen molar-refractivity contribution >= 4 is 23.3 Å². The Morgan fingerprint density at radius 2 is 2.09 bits per heavy atom. The SMILES string of the molecule is CCCC1=C(C(=O)OCC)[C@H](c2ccc(F)cc2F)NC(=S)N1. The van der Waals surface area contributed by atoms with Crippen molar-refractivity contribution in [3.05, 3.63) is 46.7 Å². The lowest BCUT2D eigenvalue weighted by Crippen LogP contribution is -2.46. The third kappa shape index (κ3) is 3.85. The number of nitrogens with one attached hydrogen (secondary N) is 2. The van der Waals surface area contributed by atoms with Gasteiger partial charge in [-0.05, 0) is 31.6 Å². The summed E-state index contributed by atoms with van der Waals surface area (Å²) in [6.07, 6.45) is 1.34. The number of benzene rings is 1. The molecular weight excluding hydrogens is 322 g/mol. The van der Waals surface area contributed by atoms with Gasteiger partial charge in [-0.15, -0.1) is 0 Å². The van der Waals surface area contributed by atoms with E-state index in [-0.39, 0.29) is 22.9 Å². The third-order valence-corrected chi connectivity index (χ3v) is 3.64. The van der Waals surface area contributed by atoms with Crippen molar-refractivity contribution in [1.29, 1.82) is 0 Å². The van der Waals surface area contributed by atoms with Gasteiger partial charge in [-0.3, -0.25) is 0 Å². The van der Waals surface area contributed by atoms with E-state index in [4.69, 9.17) is 17.0 Å². The topological polar surface area (TPSA) is 50.4 Å². The molecule has 0 spiro atoms. The van der Waals surface area contributed by atoms with Crippen LogP contribution in [-0.2, 0) is 9.53 Å². The molecule has 0 fully saturated rings. The van der Waals surface area contributed by atoms with Gasteiger partial charge in [0.1, 0.15) is 11.6 Å². The van der Waals surface area contributed by atoms with Crippen LogP contribution in [-0.4, -0.2) is 17.7 Å². The van der Waals surface area contributed by atoms with E-state index in [2.05, 4.69) is 10.6 Å². The molecule has 0 bridgehead atoms. The molecule has 0 amide bonds. The molecular formula is C16H18F2N2O2S. The van der Waals surface area contributed by atoms with Gasteiger partial charge in [0.25, 0.3) is 0 Å². The number of rotatable bonds is 5. The number of carbonyl (C=O) groups excluding carboxylic acids is 1. The normalized spacial score (nSPS) is 17.6. The fourth-order valence-corrected chi connectivity index (χ4v) is 2.72. The molecule has 124 valence electrons. The number of hydrogen-bond acceptors (Lipinski definition) is 3. The van der Waals surface area contributed by atoms with Crippen LogP contribution in [0.15, 0.2) is 29.5 Å². The second-order valence-electron chi connectivity index (χ2n) is 5.06. The molecule has 7 heteroatoms. The Labute approximate surface area is 138 Å². The maximum absolute atomic E-state index is 14.2. The predicted octanol–water partition coefficient (Wildman–Crippen LogP) is 3.10. The molecule has 0 radical (unpaired) electrons. The minimum atomic E-state index is -0.815. The van der Waals surface area contributed by atoms with Crippen molar-refractivity contribution < 1.29 is 18.3 Å². The Balaban J connectivity index is 2.54. The van der Waals surface area contributed by atoms with E-state index in [1.807, 2.05) is 6.92 Å². The van der Waals surface area contributed by atoms with E-state index in [1.165, 1.54) is 6.07 Å². The minimum absolute atomic E-state index is 0.145. The number of carbonyl (C=O) groups is 1. The Bertz CT molecular complexity index is 661. The molecule has 0 unspecified atom stereocenters. The van der Waals surface area contributed by atoms with E-state index in [0.29, 0.717) is 12.1 Å². The highest BCUT2D eigenvalue weighted by Crippen LogP contribution is 2.31. The van der Waals surface area contributed by atoms with E-state index < -0.39 is 23.6 Å². The molecule has 1 aliphatic rings. The number of hydrogen-bond donors (Lipinski definition) is 2. The monoisotopic (exact) mass is 340 g/mol. The first-order valence-corrected chi connectivity index (χ1v) is 7.81. The first-order valence-electron chi connectivity index (χ1n) is 7.40. The Morgan fingerprint density at radius 1 is 1.35 bits per heavy atom. The maximum Gasteiger partial charge on any atom is 0.338 e. The van der Waals surface area contributed by atoms with Gasteiger partial charge in [-0.25, -0.2) is 13.6 Å². The third-order valence-electron chi connectivity index (χ3n) is 3.42. The van der Waals surface area contributed by atoms with Gasteiger partial charge in [0.2, 0.25) is 0 Å². The minimum Gasteiger partial charge on any atom is -0.463 e. The molecule has 1 aromatic carbocycles. The Morgan fingerprint density at radius 3 is 2.70 bits per heavy atom. The highest BCUT2D eigenvalue weighted by molar-refractivity contribution is 7.80. The van der Waals surface area contributed by atoms with Crippen LogP contribution >= 0.6 is 12.2 Å². The highest BCUT2D eigenvalue weighted by Gasteiger charge is 2.33. The molecule has 1 heterocycles. The summed E-state index contributed by atoms with van der Waals surface area (Å²) in [5.74, 6) is -1.98. The zero-order chi connectivity index (χ0) is 17.0. The van der Waals surface area contributed by atoms with Gasteiger partial charge >= 0.3 is 5.97 Å². The number of ether oxygens (including phenoxy) is 1. The Kier molecular flexibility index (Phi) is 5.65. The average molecular weight is 340 g/mol. The van der Waals surface area contributed by atoms with Crippen LogP contribution in [0.2, 0.25) is 0 Å². The quantitative estimate of drug-likeness (QED) is 0.637. The average Bonchev–Trinajstić information content (AvgIpc) is 2.47. The largest absolute Gasteiger partial charge is 0.463 e. The summed E-state index contributed by atoms with van der Waals surface area (Å²) in [7, 11) is 0. The summed E-state index contributed by atoms with van der Waals surface area (Å²) >= 11 is 5.14. The van der Waals surface area contributed by atoms with Crippen molar-refractivity contribution in [1.82, 2.24) is 10.6 Å². The van der Waals surface area contributed by atoms with E-state index >= 15 is 0 Å². The summed E-state index contributed by atoms with van der Waals surface area (Å²) in [6, 6.07) is 2.42. The van der Waals surface area contributed by atoms with Crippen LogP contribution in [0.3, 0.4) is 0 Å². The van der Waals surface area contributed by atoms with Gasteiger partial charge < -0.3 is 15.4 Å². The first-order chi connectivity index (χ1) is 11.0. The number of halogens is 2. The summed E-state index contributed by atoms with van der Waals surface area (Å²) in [5.41, 5.74) is 1.02. The van der Waals surface area contributed by atoms with Crippen LogP contribution in [0, 0.1) is 11.6 Å². The Hall–Kier alpha value is -2.02. The summed E-state index contributed by atoms with van der Waals surface area (Å²) in [5, 5.41) is 6.10. The van der Waals surface area contributed by atoms with Crippen molar-refractivity contribution in [2.24, 2.45) is 0 Å². The molecule has 1 aromatic rings. The van der Waals surface area contributed by atoms with Gasteiger partial charge in [-0.2, -0.15) is 0 Å². The van der Waals surface area contributed by atoms with Gasteiger partial charge in [0.15, 0.2) is 5.11 Å². The molecule has 0 aliphatic carbocycles. The summed E-state index contributed by atoms with van der Waals surface area (Å²) < 4.78 is 32.4. The highest BCUT2D eigenvalue weighted by atomic mass is 32.1. The fraction of sp³-hybridized carbons (Fsp3) is 0.375. The predicted molar refractivity (Wildman–Crippen MR) is 86.5 cm³/mol. The lowest BCUT2D eigenvalue weighted by Gasteiger charge is -2.31. The molecule has 0 aromatic heterocycles. The molecule has 0 saturated heterocycles. The lowest BCUT2D eigenvalue weighted by atomic mass is 9.93. The van der Waals surface area contributed by atoms with E-state index in [0.717, 1.165) is 18.6 Å². The molecule has 23 heavy (non-hydrogen) atoms. The van der Waals surface area contributed by atoms with E-state index in [1.54, 1.807) is 6.92 Å². The maximum atomic E-state index is 14.2. The summed E-state index contributed by atoms with van der Waals surface area (Å²) in [6.45, 7) is 3.85. The molecule has 2 rings (SSSR count). The zero-order valence-corrected chi connectivity index (χ0v) is 13.7. The van der Waals surface area contributed by atoms with Gasteiger partial charge in [0.05, 0.1) is 18.2 Å². The molecule has 2 N–H and O–H groups in total. The second kappa shape index (κ2) is 7.50. The number of esters is 1. The summed E-state index contributed by atoms with van der Waals surface area (Å²) in [4.78, 5) is 12.4. The second-order valence-corrected chi connectivity index (χ2v) is 5.47. The zero-order valence-electron chi connectivity index (χ0n) is 12.9. The van der Waals surface area contributed by atoms with Crippen LogP contribution < -0.4 is 10.6 Å². The van der Waals surface area contributed by atoms with Crippen molar-refractivity contribution in [3.8, 4) is 0 Å². The number of allylic oxidation sites excluding steroid dienone is 1. The van der Waals surface area contributed by atoms with Crippen LogP contribution in [0.4, 0.5) is 8.78 Å². The smallest absolute Gasteiger partial charge is 0.338 e. The van der Waals surface area contributed by atoms with Crippen LogP contribution in [0.1, 0.15) is 38.3 Å². The van der Waals surface area contributed by atoms with Crippen LogP contribution in [0.25, 0.3) is 0 Å². The van der Waals surface area contributed by atoms with Gasteiger partial charge in [-0.1, -0.05) is 19.4 Å². The van der Waals surface area contributed by atoms with Crippen molar-refractivity contribution in [2.75, 3.05) is 6.61 Å². The molecule has 1 atom stereocenters. The molecule has 4 nitrogen and oxygen atoms in total.